The molecule has 3 aliphatic heterocycles. The summed E-state index contributed by atoms with van der Waals surface area (Å²) < 4.78 is 14.6. The Morgan fingerprint density at radius 1 is 1.08 bits per heavy atom. The Balaban J connectivity index is 1.29. The van der Waals surface area contributed by atoms with Crippen LogP contribution in [0.25, 0.3) is 0 Å². The Morgan fingerprint density at radius 2 is 1.83 bits per heavy atom. The molecule has 0 spiro atoms. The Labute approximate surface area is 211 Å². The molecule has 3 amide bonds. The number of imide groups is 1. The highest BCUT2D eigenvalue weighted by Crippen LogP contribution is 2.38. The van der Waals surface area contributed by atoms with Crippen molar-refractivity contribution in [3.8, 4) is 0 Å². The fraction of sp³-hybridized carbons (Fsp3) is 0.500. The van der Waals surface area contributed by atoms with Crippen LogP contribution in [0.1, 0.15) is 85.1 Å². The average molecular weight is 493 g/mol. The zero-order chi connectivity index (χ0) is 25.6. The maximum Gasteiger partial charge on any atom is 0.255 e. The summed E-state index contributed by atoms with van der Waals surface area (Å²) in [7, 11) is 0. The number of amides is 3. The van der Waals surface area contributed by atoms with Crippen LogP contribution in [0.2, 0.25) is 0 Å². The minimum absolute atomic E-state index is 0.0000874. The monoisotopic (exact) mass is 492 g/mol. The summed E-state index contributed by atoms with van der Waals surface area (Å²) in [6.45, 7) is 9.38. The van der Waals surface area contributed by atoms with Crippen LogP contribution in [0.4, 0.5) is 4.39 Å². The number of hydrogen-bond acceptors (Lipinski definition) is 5. The van der Waals surface area contributed by atoms with Gasteiger partial charge in [0.05, 0.1) is 0 Å². The predicted octanol–water partition coefficient (Wildman–Crippen LogP) is 3.66. The van der Waals surface area contributed by atoms with Crippen LogP contribution in [0.3, 0.4) is 0 Å². The van der Waals surface area contributed by atoms with Gasteiger partial charge in [-0.05, 0) is 79.2 Å². The maximum atomic E-state index is 14.6. The Kier molecular flexibility index (Phi) is 6.41. The zero-order valence-corrected chi connectivity index (χ0v) is 21.1. The smallest absolute Gasteiger partial charge is 0.255 e. The number of benzene rings is 1. The molecule has 5 rings (SSSR count). The standard InChI is InChI=1S/C28H33FN4O3/c1-28(2,3)24-12-17(6-9-30-24)15-32-10-7-18(8-11-32)20-13-19(29)14-21-22(20)16-33(27(21)36)23-4-5-25(34)31-26(23)35/h6,9,12-14,18,23H,4-5,7-8,10-11,15-16H2,1-3H3,(H,31,34,35). The Hall–Kier alpha value is -3.13. The molecule has 190 valence electrons. The van der Waals surface area contributed by atoms with Crippen LogP contribution < -0.4 is 5.32 Å². The molecule has 2 aromatic rings. The van der Waals surface area contributed by atoms with Crippen molar-refractivity contribution >= 4 is 17.7 Å². The van der Waals surface area contributed by atoms with Crippen molar-refractivity contribution in [3.05, 3.63) is 64.2 Å². The first-order valence-corrected chi connectivity index (χ1v) is 12.7. The van der Waals surface area contributed by atoms with E-state index < -0.39 is 17.8 Å². The van der Waals surface area contributed by atoms with E-state index in [9.17, 15) is 18.8 Å². The fourth-order valence-corrected chi connectivity index (χ4v) is 5.66. The van der Waals surface area contributed by atoms with Gasteiger partial charge in [0.25, 0.3) is 5.91 Å². The summed E-state index contributed by atoms with van der Waals surface area (Å²) in [5.41, 5.74) is 4.38. The lowest BCUT2D eigenvalue weighted by Crippen LogP contribution is -2.52. The largest absolute Gasteiger partial charge is 0.322 e. The molecule has 8 heteroatoms. The van der Waals surface area contributed by atoms with Gasteiger partial charge in [-0.3, -0.25) is 29.6 Å². The summed E-state index contributed by atoms with van der Waals surface area (Å²) in [4.78, 5) is 45.5. The quantitative estimate of drug-likeness (QED) is 0.659. The number of likely N-dealkylation sites (tertiary alicyclic amines) is 1. The summed E-state index contributed by atoms with van der Waals surface area (Å²) in [5.74, 6) is -1.36. The van der Waals surface area contributed by atoms with Crippen molar-refractivity contribution in [3.63, 3.8) is 0 Å². The van der Waals surface area contributed by atoms with E-state index in [0.717, 1.165) is 49.3 Å². The topological polar surface area (TPSA) is 82.6 Å². The molecule has 1 aromatic carbocycles. The van der Waals surface area contributed by atoms with E-state index in [-0.39, 0.29) is 36.1 Å². The third-order valence-electron chi connectivity index (χ3n) is 7.68. The number of piperidine rings is 2. The highest BCUT2D eigenvalue weighted by molar-refractivity contribution is 6.05. The van der Waals surface area contributed by atoms with Gasteiger partial charge >= 0.3 is 0 Å². The fourth-order valence-electron chi connectivity index (χ4n) is 5.66. The molecule has 1 atom stereocenters. The second-order valence-electron chi connectivity index (χ2n) is 11.3. The van der Waals surface area contributed by atoms with E-state index in [1.165, 1.54) is 16.5 Å². The number of nitrogens with zero attached hydrogens (tertiary/aromatic N) is 3. The number of aromatic nitrogens is 1. The number of rotatable bonds is 4. The highest BCUT2D eigenvalue weighted by atomic mass is 19.1. The molecule has 1 unspecified atom stereocenters. The Bertz CT molecular complexity index is 1210. The van der Waals surface area contributed by atoms with Crippen LogP contribution in [0, 0.1) is 5.82 Å². The van der Waals surface area contributed by atoms with Gasteiger partial charge in [0.1, 0.15) is 11.9 Å². The lowest BCUT2D eigenvalue weighted by atomic mass is 9.85. The first-order chi connectivity index (χ1) is 17.1. The van der Waals surface area contributed by atoms with Crippen molar-refractivity contribution in [2.75, 3.05) is 13.1 Å². The Morgan fingerprint density at radius 3 is 2.53 bits per heavy atom. The summed E-state index contributed by atoms with van der Waals surface area (Å²) >= 11 is 0. The molecular weight excluding hydrogens is 459 g/mol. The number of hydrogen-bond donors (Lipinski definition) is 1. The molecule has 3 aliphatic rings. The maximum absolute atomic E-state index is 14.6. The minimum Gasteiger partial charge on any atom is -0.322 e. The minimum atomic E-state index is -0.696. The molecule has 0 radical (unpaired) electrons. The first-order valence-electron chi connectivity index (χ1n) is 12.7. The number of pyridine rings is 1. The first kappa shape index (κ1) is 24.6. The van der Waals surface area contributed by atoms with Crippen molar-refractivity contribution in [1.82, 2.24) is 20.1 Å². The molecule has 1 N–H and O–H groups in total. The number of fused-ring (bicyclic) bond motifs is 1. The van der Waals surface area contributed by atoms with Gasteiger partial charge in [-0.1, -0.05) is 20.8 Å². The van der Waals surface area contributed by atoms with Crippen LogP contribution in [0.5, 0.6) is 0 Å². The third-order valence-corrected chi connectivity index (χ3v) is 7.68. The van der Waals surface area contributed by atoms with Crippen LogP contribution in [-0.4, -0.2) is 51.6 Å². The van der Waals surface area contributed by atoms with E-state index in [1.807, 2.05) is 6.20 Å². The average Bonchev–Trinajstić information content (AvgIpc) is 3.15. The summed E-state index contributed by atoms with van der Waals surface area (Å²) in [6.07, 6.45) is 4.13. The van der Waals surface area contributed by atoms with Crippen LogP contribution in [0.15, 0.2) is 30.5 Å². The second kappa shape index (κ2) is 9.39. The SMILES string of the molecule is CC(C)(C)c1cc(CN2CCC(c3cc(F)cc4c3CN(C3CCC(=O)NC3=O)C4=O)CC2)ccn1. The van der Waals surface area contributed by atoms with Gasteiger partial charge in [-0.2, -0.15) is 0 Å². The van der Waals surface area contributed by atoms with Gasteiger partial charge in [0.15, 0.2) is 0 Å². The van der Waals surface area contributed by atoms with Gasteiger partial charge in [0.2, 0.25) is 11.8 Å². The van der Waals surface area contributed by atoms with E-state index in [0.29, 0.717) is 12.0 Å². The van der Waals surface area contributed by atoms with E-state index in [4.69, 9.17) is 0 Å². The zero-order valence-electron chi connectivity index (χ0n) is 21.1. The summed E-state index contributed by atoms with van der Waals surface area (Å²) in [5, 5.41) is 2.32. The molecule has 36 heavy (non-hydrogen) atoms. The summed E-state index contributed by atoms with van der Waals surface area (Å²) in [6, 6.07) is 6.41. The third kappa shape index (κ3) is 4.78. The van der Waals surface area contributed by atoms with Crippen LogP contribution in [-0.2, 0) is 28.1 Å². The predicted molar refractivity (Wildman–Crippen MR) is 133 cm³/mol. The van der Waals surface area contributed by atoms with Gasteiger partial charge < -0.3 is 4.90 Å². The number of halogens is 1. The lowest BCUT2D eigenvalue weighted by Gasteiger charge is -2.33. The molecule has 7 nitrogen and oxygen atoms in total. The molecular formula is C28H33FN4O3. The highest BCUT2D eigenvalue weighted by Gasteiger charge is 2.41. The van der Waals surface area contributed by atoms with E-state index >= 15 is 0 Å². The lowest BCUT2D eigenvalue weighted by molar-refractivity contribution is -0.136. The number of carbonyl (C=O) groups excluding carboxylic acids is 3. The van der Waals surface area contributed by atoms with Crippen molar-refractivity contribution in [2.45, 2.75) is 76.9 Å². The normalized spacial score (nSPS) is 21.6. The van der Waals surface area contributed by atoms with Gasteiger partial charge in [-0.15, -0.1) is 0 Å². The van der Waals surface area contributed by atoms with E-state index in [2.05, 4.69) is 48.1 Å². The van der Waals surface area contributed by atoms with Crippen molar-refractivity contribution < 1.29 is 18.8 Å². The number of nitrogens with one attached hydrogen (secondary N) is 1. The van der Waals surface area contributed by atoms with Gasteiger partial charge in [-0.25, -0.2) is 4.39 Å². The van der Waals surface area contributed by atoms with Crippen LogP contribution >= 0.6 is 0 Å². The molecule has 1 aromatic heterocycles. The molecule has 4 heterocycles. The van der Waals surface area contributed by atoms with Gasteiger partial charge in [0, 0.05) is 42.4 Å². The molecule has 0 aliphatic carbocycles. The molecule has 0 saturated carbocycles. The van der Waals surface area contributed by atoms with Crippen molar-refractivity contribution in [1.29, 1.82) is 0 Å². The molecule has 0 bridgehead atoms. The van der Waals surface area contributed by atoms with E-state index in [1.54, 1.807) is 6.07 Å². The molecule has 2 saturated heterocycles. The molecule has 2 fully saturated rings. The van der Waals surface area contributed by atoms with Crippen molar-refractivity contribution in [2.24, 2.45) is 0 Å². The second-order valence-corrected chi connectivity index (χ2v) is 11.3. The number of carbonyl (C=O) groups is 3.